The molecule has 0 aliphatic carbocycles. The molecular weight excluding hydrogens is 365 g/mol. The number of likely N-dealkylation sites (N-methyl/N-ethyl adjacent to an activating group) is 1. The van der Waals surface area contributed by atoms with Gasteiger partial charge in [0.1, 0.15) is 12.3 Å². The Morgan fingerprint density at radius 2 is 2.12 bits per heavy atom. The van der Waals surface area contributed by atoms with Crippen LogP contribution in [0, 0.1) is 0 Å². The average molecular weight is 390 g/mol. The number of nitrogens with two attached hydrogens (primary N) is 1. The van der Waals surface area contributed by atoms with Gasteiger partial charge in [0.25, 0.3) is 5.91 Å². The Morgan fingerprint density at radius 3 is 2.80 bits per heavy atom. The van der Waals surface area contributed by atoms with Gasteiger partial charge in [-0.3, -0.25) is 14.1 Å². The minimum atomic E-state index is -0.535. The van der Waals surface area contributed by atoms with Gasteiger partial charge in [0.05, 0.1) is 0 Å². The molecule has 0 aromatic carbocycles. The number of fused-ring (bicyclic) bond motifs is 1. The molecule has 0 radical (unpaired) electrons. The van der Waals surface area contributed by atoms with Gasteiger partial charge in [-0.25, -0.2) is 0 Å². The number of ether oxygens (including phenoxy) is 1. The second-order valence-electron chi connectivity index (χ2n) is 6.04. The molecule has 1 saturated heterocycles. The molecule has 1 aliphatic heterocycles. The number of rotatable bonds is 5. The van der Waals surface area contributed by atoms with E-state index in [1.165, 1.54) is 0 Å². The Morgan fingerprint density at radius 1 is 1.36 bits per heavy atom. The van der Waals surface area contributed by atoms with E-state index in [1.807, 2.05) is 18.2 Å². The first-order valence-corrected chi connectivity index (χ1v) is 7.88. The molecule has 7 nitrogen and oxygen atoms in total. The van der Waals surface area contributed by atoms with E-state index < -0.39 is 5.91 Å². The molecule has 0 saturated carbocycles. The second-order valence-corrected chi connectivity index (χ2v) is 6.04. The van der Waals surface area contributed by atoms with Gasteiger partial charge < -0.3 is 15.4 Å². The number of hydrogen-bond acceptors (Lipinski definition) is 5. The van der Waals surface area contributed by atoms with E-state index in [-0.39, 0.29) is 24.8 Å². The number of halogens is 2. The number of carbonyl (C=O) groups excluding carboxylic acids is 1. The van der Waals surface area contributed by atoms with E-state index in [2.05, 4.69) is 28.8 Å². The van der Waals surface area contributed by atoms with E-state index in [4.69, 9.17) is 10.5 Å². The molecule has 2 aromatic rings. The molecule has 3 rings (SSSR count). The van der Waals surface area contributed by atoms with Crippen molar-refractivity contribution in [2.75, 3.05) is 39.8 Å². The van der Waals surface area contributed by atoms with E-state index in [9.17, 15) is 4.79 Å². The molecule has 2 aromatic heterocycles. The number of amides is 1. The van der Waals surface area contributed by atoms with Crippen molar-refractivity contribution in [3.05, 3.63) is 30.1 Å². The summed E-state index contributed by atoms with van der Waals surface area (Å²) < 4.78 is 7.42. The highest BCUT2D eigenvalue weighted by atomic mass is 35.5. The van der Waals surface area contributed by atoms with E-state index in [0.29, 0.717) is 29.9 Å². The molecule has 1 aliphatic rings. The fourth-order valence-electron chi connectivity index (χ4n) is 2.90. The summed E-state index contributed by atoms with van der Waals surface area (Å²) >= 11 is 0. The summed E-state index contributed by atoms with van der Waals surface area (Å²) in [4.78, 5) is 20.8. The number of hydrogen-bond donors (Lipinski definition) is 1. The molecule has 0 spiro atoms. The van der Waals surface area contributed by atoms with Crippen molar-refractivity contribution in [3.8, 4) is 5.88 Å². The fraction of sp³-hybridized carbons (Fsp3) is 0.500. The third-order valence-corrected chi connectivity index (χ3v) is 4.42. The standard InChI is InChI=1S/C16H23N5O2.2ClH/c1-12-11-20(8-7-19(12)2)9-10-23-16-14(15(17)22)21-6-4-3-5-13(21)18-16;;/h3-6,12H,7-11H2,1-2H3,(H2,17,22);2*1H. The summed E-state index contributed by atoms with van der Waals surface area (Å²) in [7, 11) is 2.15. The summed E-state index contributed by atoms with van der Waals surface area (Å²) in [6.07, 6.45) is 1.76. The lowest BCUT2D eigenvalue weighted by molar-refractivity contribution is 0.0911. The van der Waals surface area contributed by atoms with Crippen molar-refractivity contribution >= 4 is 36.4 Å². The van der Waals surface area contributed by atoms with Gasteiger partial charge in [-0.05, 0) is 26.1 Å². The van der Waals surface area contributed by atoms with Crippen LogP contribution in [0.15, 0.2) is 24.4 Å². The molecule has 0 bridgehead atoms. The predicted molar refractivity (Wildman–Crippen MR) is 102 cm³/mol. The van der Waals surface area contributed by atoms with Gasteiger partial charge in [-0.15, -0.1) is 24.8 Å². The molecule has 1 unspecified atom stereocenters. The highest BCUT2D eigenvalue weighted by Crippen LogP contribution is 2.19. The van der Waals surface area contributed by atoms with Gasteiger partial charge in [0, 0.05) is 38.4 Å². The van der Waals surface area contributed by atoms with Crippen molar-refractivity contribution in [1.82, 2.24) is 19.2 Å². The summed E-state index contributed by atoms with van der Waals surface area (Å²) in [6.45, 7) is 6.62. The van der Waals surface area contributed by atoms with Crippen molar-refractivity contribution in [2.45, 2.75) is 13.0 Å². The Hall–Kier alpha value is -1.54. The maximum Gasteiger partial charge on any atom is 0.271 e. The molecule has 1 fully saturated rings. The monoisotopic (exact) mass is 389 g/mol. The van der Waals surface area contributed by atoms with E-state index in [0.717, 1.165) is 26.2 Å². The summed E-state index contributed by atoms with van der Waals surface area (Å²) in [6, 6.07) is 6.06. The minimum absolute atomic E-state index is 0. The minimum Gasteiger partial charge on any atom is -0.475 e. The topological polar surface area (TPSA) is 76.1 Å². The number of nitrogens with zero attached hydrogens (tertiary/aromatic N) is 4. The Labute approximate surface area is 159 Å². The SMILES string of the molecule is CC1CN(CCOc2nc3ccccn3c2C(N)=O)CCN1C.Cl.Cl. The molecule has 9 heteroatoms. The zero-order chi connectivity index (χ0) is 16.4. The number of carbonyl (C=O) groups is 1. The first kappa shape index (κ1) is 21.5. The number of pyridine rings is 1. The third kappa shape index (κ3) is 4.76. The fourth-order valence-corrected chi connectivity index (χ4v) is 2.90. The lowest BCUT2D eigenvalue weighted by atomic mass is 10.2. The van der Waals surface area contributed by atoms with Gasteiger partial charge in [-0.2, -0.15) is 4.98 Å². The van der Waals surface area contributed by atoms with Gasteiger partial charge >= 0.3 is 0 Å². The van der Waals surface area contributed by atoms with Crippen LogP contribution in [-0.2, 0) is 0 Å². The van der Waals surface area contributed by atoms with Crippen LogP contribution < -0.4 is 10.5 Å². The molecule has 25 heavy (non-hydrogen) atoms. The highest BCUT2D eigenvalue weighted by molar-refractivity contribution is 5.94. The van der Waals surface area contributed by atoms with Gasteiger partial charge in [0.2, 0.25) is 5.88 Å². The Bertz CT molecular complexity index is 709. The number of primary amides is 1. The van der Waals surface area contributed by atoms with Crippen LogP contribution in [0.2, 0.25) is 0 Å². The van der Waals surface area contributed by atoms with Crippen molar-refractivity contribution in [2.24, 2.45) is 5.73 Å². The Kier molecular flexibility index (Phi) is 7.95. The van der Waals surface area contributed by atoms with E-state index in [1.54, 1.807) is 10.6 Å². The van der Waals surface area contributed by atoms with Crippen molar-refractivity contribution < 1.29 is 9.53 Å². The van der Waals surface area contributed by atoms with Crippen LogP contribution in [0.4, 0.5) is 0 Å². The van der Waals surface area contributed by atoms with Crippen LogP contribution >= 0.6 is 24.8 Å². The maximum absolute atomic E-state index is 11.7. The Balaban J connectivity index is 0.00000156. The zero-order valence-corrected chi connectivity index (χ0v) is 16.1. The van der Waals surface area contributed by atoms with Crippen LogP contribution in [-0.4, -0.2) is 71.0 Å². The average Bonchev–Trinajstić information content (AvgIpc) is 2.89. The highest BCUT2D eigenvalue weighted by Gasteiger charge is 2.21. The van der Waals surface area contributed by atoms with E-state index >= 15 is 0 Å². The maximum atomic E-state index is 11.7. The quantitative estimate of drug-likeness (QED) is 0.833. The molecule has 2 N–H and O–H groups in total. The largest absolute Gasteiger partial charge is 0.475 e. The summed E-state index contributed by atoms with van der Waals surface area (Å²) in [5, 5.41) is 0. The number of aromatic nitrogens is 2. The summed E-state index contributed by atoms with van der Waals surface area (Å²) in [5.74, 6) is -0.224. The van der Waals surface area contributed by atoms with Crippen LogP contribution in [0.25, 0.3) is 5.65 Å². The zero-order valence-electron chi connectivity index (χ0n) is 14.4. The first-order chi connectivity index (χ1) is 11.1. The number of piperazine rings is 1. The normalized spacial score (nSPS) is 18.4. The lowest BCUT2D eigenvalue weighted by Crippen LogP contribution is -2.50. The molecule has 3 heterocycles. The molecule has 1 amide bonds. The number of imidazole rings is 1. The molecule has 140 valence electrons. The predicted octanol–water partition coefficient (Wildman–Crippen LogP) is 1.29. The van der Waals surface area contributed by atoms with Crippen LogP contribution in [0.3, 0.4) is 0 Å². The second kappa shape index (κ2) is 9.24. The third-order valence-electron chi connectivity index (χ3n) is 4.42. The van der Waals surface area contributed by atoms with Crippen molar-refractivity contribution in [1.29, 1.82) is 0 Å². The molecular formula is C16H25Cl2N5O2. The van der Waals surface area contributed by atoms with Crippen LogP contribution in [0.1, 0.15) is 17.4 Å². The lowest BCUT2D eigenvalue weighted by Gasteiger charge is -2.37. The van der Waals surface area contributed by atoms with Crippen LogP contribution in [0.5, 0.6) is 5.88 Å². The smallest absolute Gasteiger partial charge is 0.271 e. The van der Waals surface area contributed by atoms with Crippen molar-refractivity contribution in [3.63, 3.8) is 0 Å². The first-order valence-electron chi connectivity index (χ1n) is 7.88. The van der Waals surface area contributed by atoms with Gasteiger partial charge in [-0.1, -0.05) is 6.07 Å². The molecule has 1 atom stereocenters. The summed E-state index contributed by atoms with van der Waals surface area (Å²) in [5.41, 5.74) is 6.43. The van der Waals surface area contributed by atoms with Gasteiger partial charge in [0.15, 0.2) is 5.69 Å².